The number of epoxide rings is 1. The molecule has 0 aromatic carbocycles. The molecule has 6 aliphatic rings. The van der Waals surface area contributed by atoms with E-state index < -0.39 is 112 Å². The summed E-state index contributed by atoms with van der Waals surface area (Å²) < 4.78 is 35.6. The Kier molecular flexibility index (Phi) is 7.02. The third kappa shape index (κ3) is 3.67. The second kappa shape index (κ2) is 10.1. The van der Waals surface area contributed by atoms with Crippen molar-refractivity contribution in [3.8, 4) is 0 Å². The van der Waals surface area contributed by atoms with Gasteiger partial charge in [0.1, 0.15) is 17.8 Å². The number of furan rings is 1. The highest BCUT2D eigenvalue weighted by atomic mass is 16.7. The standard InChI is InChI=1S/C34H44O13/c1-14(2)28(41)46-29-30(5)19-11-20(37)32(7)24(33(19,13-43-29)26(40)23(44-15(3)35)27(30)45-16(4)36)22(38)25(39)31(6)18(17-8-9-42-12-17)10-21-34(31,32)47-21/h8-9,12,14,18-21,23-27,29,37,39-40H,10-11,13H2,1-7H3/t18-,19+,20-,21-,23-,24+,25+,26+,27-,29+,30-,31-,32-,33+,34-/m1/s1. The van der Waals surface area contributed by atoms with Gasteiger partial charge in [0.25, 0.3) is 0 Å². The van der Waals surface area contributed by atoms with E-state index in [4.69, 9.17) is 28.1 Å². The summed E-state index contributed by atoms with van der Waals surface area (Å²) in [5.41, 5.74) is -6.04. The van der Waals surface area contributed by atoms with Gasteiger partial charge in [0.05, 0.1) is 42.7 Å². The Hall–Kier alpha value is -2.84. The molecule has 1 aromatic rings. The van der Waals surface area contributed by atoms with Gasteiger partial charge in [-0.2, -0.15) is 0 Å². The quantitative estimate of drug-likeness (QED) is 0.235. The Morgan fingerprint density at radius 3 is 2.26 bits per heavy atom. The summed E-state index contributed by atoms with van der Waals surface area (Å²) in [5.74, 6) is -5.77. The summed E-state index contributed by atoms with van der Waals surface area (Å²) in [4.78, 5) is 53.1. The van der Waals surface area contributed by atoms with Crippen LogP contribution in [0.25, 0.3) is 0 Å². The molecule has 0 radical (unpaired) electrons. The molecule has 3 N–H and O–H groups in total. The van der Waals surface area contributed by atoms with Gasteiger partial charge in [-0.25, -0.2) is 0 Å². The average Bonchev–Trinajstić information content (AvgIpc) is 3.35. The monoisotopic (exact) mass is 660 g/mol. The first-order valence-corrected chi connectivity index (χ1v) is 16.4. The van der Waals surface area contributed by atoms with E-state index in [1.54, 1.807) is 40.0 Å². The van der Waals surface area contributed by atoms with Gasteiger partial charge >= 0.3 is 17.9 Å². The number of hydrogen-bond acceptors (Lipinski definition) is 13. The zero-order valence-electron chi connectivity index (χ0n) is 27.6. The molecule has 47 heavy (non-hydrogen) atoms. The highest BCUT2D eigenvalue weighted by Crippen LogP contribution is 2.82. The minimum absolute atomic E-state index is 0.0299. The number of rotatable bonds is 5. The average molecular weight is 661 g/mol. The first-order valence-electron chi connectivity index (χ1n) is 16.4. The molecule has 4 saturated carbocycles. The zero-order chi connectivity index (χ0) is 34.2. The van der Waals surface area contributed by atoms with Crippen LogP contribution in [0.3, 0.4) is 0 Å². The lowest BCUT2D eigenvalue weighted by molar-refractivity contribution is -0.391. The fraction of sp³-hybridized carbons (Fsp3) is 0.765. The van der Waals surface area contributed by atoms with Crippen molar-refractivity contribution in [3.63, 3.8) is 0 Å². The molecule has 3 heterocycles. The molecule has 2 bridgehead atoms. The number of carbonyl (C=O) groups excluding carboxylic acids is 4. The van der Waals surface area contributed by atoms with E-state index in [9.17, 15) is 34.5 Å². The van der Waals surface area contributed by atoms with Crippen molar-refractivity contribution in [2.24, 2.45) is 39.4 Å². The molecule has 2 saturated heterocycles. The third-order valence-electron chi connectivity index (χ3n) is 13.3. The van der Waals surface area contributed by atoms with Crippen LogP contribution in [-0.4, -0.2) is 94.1 Å². The second-order valence-corrected chi connectivity index (χ2v) is 15.6. The normalized spacial score (nSPS) is 50.8. The SMILES string of the molecule is CC(=O)O[C@H]1[C@@H](OC(C)=O)[C@]2(C)[C@H](OC(=O)C(C)C)OC[C@]3([C@H]4C(=O)[C@H](O)[C@@]5(C)[C@@H](c6ccoc6)C[C@H]6O[C@]65[C@]4(C)[C@H](O)C[C@@H]23)[C@H]1O. The summed E-state index contributed by atoms with van der Waals surface area (Å²) in [7, 11) is 0. The van der Waals surface area contributed by atoms with Gasteiger partial charge in [0.15, 0.2) is 18.0 Å². The fourth-order valence-electron chi connectivity index (χ4n) is 11.4. The van der Waals surface area contributed by atoms with Gasteiger partial charge < -0.3 is 43.4 Å². The van der Waals surface area contributed by atoms with E-state index in [1.165, 1.54) is 6.26 Å². The molecule has 258 valence electrons. The van der Waals surface area contributed by atoms with Crippen LogP contribution in [-0.2, 0) is 42.9 Å². The van der Waals surface area contributed by atoms with Crippen molar-refractivity contribution in [3.05, 3.63) is 24.2 Å². The van der Waals surface area contributed by atoms with Crippen LogP contribution in [0.5, 0.6) is 0 Å². The lowest BCUT2D eigenvalue weighted by Gasteiger charge is -2.73. The predicted molar refractivity (Wildman–Crippen MR) is 157 cm³/mol. The summed E-state index contributed by atoms with van der Waals surface area (Å²) in [6.45, 7) is 10.5. The minimum Gasteiger partial charge on any atom is -0.472 e. The maximum absolute atomic E-state index is 15.0. The van der Waals surface area contributed by atoms with Crippen LogP contribution in [0, 0.1) is 39.4 Å². The summed E-state index contributed by atoms with van der Waals surface area (Å²) >= 11 is 0. The van der Waals surface area contributed by atoms with Gasteiger partial charge in [0, 0.05) is 41.9 Å². The predicted octanol–water partition coefficient (Wildman–Crippen LogP) is 1.64. The van der Waals surface area contributed by atoms with Gasteiger partial charge in [-0.05, 0) is 37.3 Å². The van der Waals surface area contributed by atoms with Crippen LogP contribution in [0.1, 0.15) is 72.8 Å². The molecule has 1 aromatic heterocycles. The van der Waals surface area contributed by atoms with E-state index in [-0.39, 0.29) is 18.9 Å². The van der Waals surface area contributed by atoms with Gasteiger partial charge in [-0.1, -0.05) is 27.7 Å². The number of esters is 3. The van der Waals surface area contributed by atoms with Crippen LogP contribution < -0.4 is 0 Å². The van der Waals surface area contributed by atoms with Crippen molar-refractivity contribution in [2.45, 2.75) is 116 Å². The molecule has 13 nitrogen and oxygen atoms in total. The Morgan fingerprint density at radius 1 is 0.979 bits per heavy atom. The number of aliphatic hydroxyl groups is 3. The second-order valence-electron chi connectivity index (χ2n) is 15.6. The molecule has 7 rings (SSSR count). The molecule has 4 aliphatic carbocycles. The number of ether oxygens (including phenoxy) is 5. The molecule has 2 aliphatic heterocycles. The topological polar surface area (TPSA) is 192 Å². The molecule has 13 heteroatoms. The highest BCUT2D eigenvalue weighted by molar-refractivity contribution is 5.91. The lowest BCUT2D eigenvalue weighted by atomic mass is 9.33. The van der Waals surface area contributed by atoms with E-state index >= 15 is 0 Å². The minimum atomic E-state index is -1.66. The number of ketones is 1. The molecule has 1 spiro atoms. The van der Waals surface area contributed by atoms with E-state index in [2.05, 4.69) is 0 Å². The molecule has 0 amide bonds. The van der Waals surface area contributed by atoms with E-state index in [0.29, 0.717) is 6.42 Å². The van der Waals surface area contributed by atoms with Crippen molar-refractivity contribution in [1.29, 1.82) is 0 Å². The number of fused-ring (bicyclic) bond motifs is 1. The summed E-state index contributed by atoms with van der Waals surface area (Å²) in [6, 6.07) is 1.80. The van der Waals surface area contributed by atoms with Crippen molar-refractivity contribution in [2.75, 3.05) is 6.61 Å². The molecular weight excluding hydrogens is 616 g/mol. The Balaban J connectivity index is 1.43. The molecular formula is C34H44O13. The van der Waals surface area contributed by atoms with Crippen LogP contribution >= 0.6 is 0 Å². The fourth-order valence-corrected chi connectivity index (χ4v) is 11.4. The number of carbonyl (C=O) groups is 4. The van der Waals surface area contributed by atoms with Gasteiger partial charge in [0.2, 0.25) is 6.29 Å². The van der Waals surface area contributed by atoms with Gasteiger partial charge in [-0.15, -0.1) is 0 Å². The van der Waals surface area contributed by atoms with Crippen LogP contribution in [0.4, 0.5) is 0 Å². The van der Waals surface area contributed by atoms with Crippen molar-refractivity contribution in [1.82, 2.24) is 0 Å². The maximum Gasteiger partial charge on any atom is 0.310 e. The first kappa shape index (κ1) is 32.7. The van der Waals surface area contributed by atoms with Crippen molar-refractivity contribution >= 4 is 23.7 Å². The number of aliphatic hydroxyl groups excluding tert-OH is 3. The number of Topliss-reactive ketones (excluding diaryl/α,β-unsaturated/α-hetero) is 1. The molecule has 6 fully saturated rings. The number of hydrogen-bond donors (Lipinski definition) is 3. The van der Waals surface area contributed by atoms with Crippen LogP contribution in [0.2, 0.25) is 0 Å². The Morgan fingerprint density at radius 2 is 1.66 bits per heavy atom. The smallest absolute Gasteiger partial charge is 0.310 e. The zero-order valence-corrected chi connectivity index (χ0v) is 27.6. The maximum atomic E-state index is 15.0. The third-order valence-corrected chi connectivity index (χ3v) is 13.3. The molecule has 0 unspecified atom stereocenters. The lowest BCUT2D eigenvalue weighted by Crippen LogP contribution is -2.84. The summed E-state index contributed by atoms with van der Waals surface area (Å²) in [6.07, 6.45) is -5.57. The largest absolute Gasteiger partial charge is 0.472 e. The Bertz CT molecular complexity index is 1510. The van der Waals surface area contributed by atoms with Crippen molar-refractivity contribution < 1.29 is 62.6 Å². The van der Waals surface area contributed by atoms with Crippen LogP contribution in [0.15, 0.2) is 23.0 Å². The van der Waals surface area contributed by atoms with E-state index in [1.807, 2.05) is 6.92 Å². The van der Waals surface area contributed by atoms with Gasteiger partial charge in [-0.3, -0.25) is 19.2 Å². The first-order chi connectivity index (χ1) is 21.9. The van der Waals surface area contributed by atoms with E-state index in [0.717, 1.165) is 19.4 Å². The highest BCUT2D eigenvalue weighted by Gasteiger charge is 2.92. The Labute approximate surface area is 272 Å². The summed E-state index contributed by atoms with van der Waals surface area (Å²) in [5, 5.41) is 37.1. The molecule has 15 atom stereocenters.